The third kappa shape index (κ3) is 10.4. The largest absolute Gasteiger partial charge is 0.355 e. The van der Waals surface area contributed by atoms with E-state index in [1.165, 1.54) is 102 Å². The molecule has 0 unspecified atom stereocenters. The molecular formula is C23H39N5OS. The zero-order valence-electron chi connectivity index (χ0n) is 18.6. The molecule has 0 saturated heterocycles. The predicted octanol–water partition coefficient (Wildman–Crippen LogP) is 6.04. The Kier molecular flexibility index (Phi) is 13.2. The highest BCUT2D eigenvalue weighted by molar-refractivity contribution is 8.00. The second kappa shape index (κ2) is 16.1. The van der Waals surface area contributed by atoms with Crippen LogP contribution in [0.1, 0.15) is 96.8 Å². The minimum atomic E-state index is 0.0565. The molecule has 0 spiro atoms. The number of H-pyrrole nitrogens is 1. The summed E-state index contributed by atoms with van der Waals surface area (Å²) in [5, 5.41) is 3.78. The fourth-order valence-electron chi connectivity index (χ4n) is 3.58. The third-order valence-electron chi connectivity index (χ3n) is 5.38. The molecule has 168 valence electrons. The first-order chi connectivity index (χ1) is 14.8. The molecule has 0 radical (unpaired) electrons. The summed E-state index contributed by atoms with van der Waals surface area (Å²) in [6.45, 7) is 3.04. The number of unbranched alkanes of at least 4 members (excludes halogenated alkanes) is 13. The van der Waals surface area contributed by atoms with Crippen LogP contribution in [0.5, 0.6) is 0 Å². The summed E-state index contributed by atoms with van der Waals surface area (Å²) < 4.78 is 0. The van der Waals surface area contributed by atoms with Gasteiger partial charge in [0.25, 0.3) is 0 Å². The van der Waals surface area contributed by atoms with E-state index >= 15 is 0 Å². The number of carbonyl (C=O) groups is 1. The zero-order valence-corrected chi connectivity index (χ0v) is 19.4. The van der Waals surface area contributed by atoms with Crippen LogP contribution >= 0.6 is 11.8 Å². The Morgan fingerprint density at radius 1 is 0.867 bits per heavy atom. The molecule has 30 heavy (non-hydrogen) atoms. The van der Waals surface area contributed by atoms with Gasteiger partial charge in [-0.25, -0.2) is 15.0 Å². The van der Waals surface area contributed by atoms with Crippen LogP contribution in [0.2, 0.25) is 0 Å². The summed E-state index contributed by atoms with van der Waals surface area (Å²) in [4.78, 5) is 27.5. The molecule has 2 aromatic rings. The first-order valence-electron chi connectivity index (χ1n) is 11.8. The number of imidazole rings is 1. The van der Waals surface area contributed by atoms with Gasteiger partial charge in [-0.2, -0.15) is 0 Å². The fraction of sp³-hybridized carbons (Fsp3) is 0.739. The van der Waals surface area contributed by atoms with Crippen LogP contribution in [0.4, 0.5) is 0 Å². The quantitative estimate of drug-likeness (QED) is 0.170. The average molecular weight is 434 g/mol. The molecule has 0 fully saturated rings. The first-order valence-corrected chi connectivity index (χ1v) is 12.8. The maximum atomic E-state index is 12.0. The molecule has 0 atom stereocenters. The second-order valence-corrected chi connectivity index (χ2v) is 8.98. The number of carbonyl (C=O) groups excluding carboxylic acids is 1. The van der Waals surface area contributed by atoms with Gasteiger partial charge in [0.1, 0.15) is 16.9 Å². The Labute approximate surface area is 185 Å². The molecule has 2 aromatic heterocycles. The van der Waals surface area contributed by atoms with E-state index in [-0.39, 0.29) is 5.91 Å². The molecular weight excluding hydrogens is 394 g/mol. The summed E-state index contributed by atoms with van der Waals surface area (Å²) in [6.07, 6.45) is 22.0. The Morgan fingerprint density at radius 2 is 1.47 bits per heavy atom. The van der Waals surface area contributed by atoms with E-state index in [9.17, 15) is 4.79 Å². The molecule has 0 aromatic carbocycles. The van der Waals surface area contributed by atoms with Gasteiger partial charge in [0.2, 0.25) is 5.91 Å². The molecule has 0 aliphatic carbocycles. The van der Waals surface area contributed by atoms with Crippen LogP contribution in [0.25, 0.3) is 11.2 Å². The monoisotopic (exact) mass is 433 g/mol. The van der Waals surface area contributed by atoms with Crippen molar-refractivity contribution in [3.63, 3.8) is 0 Å². The van der Waals surface area contributed by atoms with Gasteiger partial charge in [0.05, 0.1) is 12.1 Å². The van der Waals surface area contributed by atoms with Crippen LogP contribution in [-0.4, -0.2) is 38.1 Å². The maximum absolute atomic E-state index is 12.0. The molecule has 7 heteroatoms. The van der Waals surface area contributed by atoms with Gasteiger partial charge in [-0.05, 0) is 6.42 Å². The van der Waals surface area contributed by atoms with E-state index < -0.39 is 0 Å². The van der Waals surface area contributed by atoms with Crippen molar-refractivity contribution in [1.29, 1.82) is 0 Å². The molecule has 0 bridgehead atoms. The van der Waals surface area contributed by atoms with Crippen molar-refractivity contribution in [3.8, 4) is 0 Å². The number of aromatic nitrogens is 4. The second-order valence-electron chi connectivity index (χ2n) is 8.01. The summed E-state index contributed by atoms with van der Waals surface area (Å²) in [6, 6.07) is 0. The van der Waals surface area contributed by atoms with E-state index in [1.54, 1.807) is 6.33 Å². The Balaban J connectivity index is 1.36. The number of thioether (sulfide) groups is 1. The summed E-state index contributed by atoms with van der Waals surface area (Å²) in [5.41, 5.74) is 1.43. The summed E-state index contributed by atoms with van der Waals surface area (Å²) in [5.74, 6) is 0.421. The predicted molar refractivity (Wildman–Crippen MR) is 126 cm³/mol. The smallest absolute Gasteiger partial charge is 0.230 e. The number of aromatic amines is 1. The zero-order chi connectivity index (χ0) is 21.3. The lowest BCUT2D eigenvalue weighted by molar-refractivity contribution is -0.118. The van der Waals surface area contributed by atoms with Crippen molar-refractivity contribution in [2.45, 2.75) is 102 Å². The molecule has 0 aliphatic rings. The van der Waals surface area contributed by atoms with Crippen molar-refractivity contribution in [1.82, 2.24) is 25.3 Å². The summed E-state index contributed by atoms with van der Waals surface area (Å²) >= 11 is 1.42. The highest BCUT2D eigenvalue weighted by atomic mass is 32.2. The topological polar surface area (TPSA) is 83.6 Å². The Hall–Kier alpha value is -1.63. The van der Waals surface area contributed by atoms with Crippen molar-refractivity contribution >= 4 is 28.8 Å². The highest BCUT2D eigenvalue weighted by Gasteiger charge is 2.09. The van der Waals surface area contributed by atoms with E-state index in [2.05, 4.69) is 32.2 Å². The normalized spacial score (nSPS) is 11.2. The van der Waals surface area contributed by atoms with Crippen molar-refractivity contribution in [2.24, 2.45) is 0 Å². The van der Waals surface area contributed by atoms with Crippen LogP contribution < -0.4 is 5.32 Å². The fourth-order valence-corrected chi connectivity index (χ4v) is 4.37. The van der Waals surface area contributed by atoms with Crippen LogP contribution in [0, 0.1) is 0 Å². The molecule has 6 nitrogen and oxygen atoms in total. The van der Waals surface area contributed by atoms with Gasteiger partial charge in [0.15, 0.2) is 5.65 Å². The maximum Gasteiger partial charge on any atom is 0.230 e. The molecule has 1 amide bonds. The lowest BCUT2D eigenvalue weighted by Gasteiger charge is -2.06. The van der Waals surface area contributed by atoms with E-state index in [0.29, 0.717) is 11.4 Å². The Bertz CT molecular complexity index is 706. The summed E-state index contributed by atoms with van der Waals surface area (Å²) in [7, 11) is 0. The molecule has 2 heterocycles. The number of rotatable bonds is 18. The van der Waals surface area contributed by atoms with Crippen molar-refractivity contribution in [3.05, 3.63) is 12.7 Å². The van der Waals surface area contributed by atoms with Crippen molar-refractivity contribution < 1.29 is 4.79 Å². The molecule has 0 saturated carbocycles. The van der Waals surface area contributed by atoms with E-state index in [0.717, 1.165) is 23.5 Å². The average Bonchev–Trinajstić information content (AvgIpc) is 3.24. The van der Waals surface area contributed by atoms with E-state index in [1.807, 2.05) is 0 Å². The van der Waals surface area contributed by atoms with Gasteiger partial charge < -0.3 is 10.3 Å². The molecule has 2 N–H and O–H groups in total. The first kappa shape index (κ1) is 24.6. The van der Waals surface area contributed by atoms with Gasteiger partial charge in [-0.15, -0.1) is 0 Å². The van der Waals surface area contributed by atoms with Gasteiger partial charge in [0, 0.05) is 6.54 Å². The standard InChI is InChI=1S/C23H39N5OS/c1-2-3-4-5-6-7-8-9-10-11-12-13-14-15-16-24-20(29)17-30-23-21-22(26-18-25-21)27-19-28-23/h18-19H,2-17H2,1H3,(H,24,29)(H,25,26,27,28). The third-order valence-corrected chi connectivity index (χ3v) is 6.37. The SMILES string of the molecule is CCCCCCCCCCCCCCCCNC(=O)CSc1ncnc2nc[nH]c12. The number of amides is 1. The van der Waals surface area contributed by atoms with Crippen LogP contribution in [0.3, 0.4) is 0 Å². The number of nitrogens with zero attached hydrogens (tertiary/aromatic N) is 3. The Morgan fingerprint density at radius 3 is 2.10 bits per heavy atom. The minimum absolute atomic E-state index is 0.0565. The number of fused-ring (bicyclic) bond motifs is 1. The highest BCUT2D eigenvalue weighted by Crippen LogP contribution is 2.21. The van der Waals surface area contributed by atoms with Crippen LogP contribution in [0.15, 0.2) is 17.7 Å². The molecule has 0 aliphatic heterocycles. The lowest BCUT2D eigenvalue weighted by atomic mass is 10.0. The lowest BCUT2D eigenvalue weighted by Crippen LogP contribution is -2.26. The number of hydrogen-bond donors (Lipinski definition) is 2. The van der Waals surface area contributed by atoms with Crippen LogP contribution in [-0.2, 0) is 4.79 Å². The van der Waals surface area contributed by atoms with Gasteiger partial charge >= 0.3 is 0 Å². The van der Waals surface area contributed by atoms with Gasteiger partial charge in [-0.3, -0.25) is 4.79 Å². The molecule has 2 rings (SSSR count). The van der Waals surface area contributed by atoms with E-state index in [4.69, 9.17) is 0 Å². The number of nitrogens with one attached hydrogen (secondary N) is 2. The van der Waals surface area contributed by atoms with Crippen molar-refractivity contribution in [2.75, 3.05) is 12.3 Å². The minimum Gasteiger partial charge on any atom is -0.355 e. The van der Waals surface area contributed by atoms with Gasteiger partial charge in [-0.1, -0.05) is 102 Å². The number of hydrogen-bond acceptors (Lipinski definition) is 5.